The van der Waals surface area contributed by atoms with Crippen LogP contribution in [0.15, 0.2) is 48.0 Å². The van der Waals surface area contributed by atoms with Gasteiger partial charge in [0.25, 0.3) is 11.8 Å². The third kappa shape index (κ3) is 3.44. The Hall–Kier alpha value is -2.21. The van der Waals surface area contributed by atoms with Gasteiger partial charge in [-0.1, -0.05) is 47.5 Å². The molecule has 1 aliphatic heterocycles. The Bertz CT molecular complexity index is 940. The van der Waals surface area contributed by atoms with Crippen LogP contribution in [0.25, 0.3) is 6.08 Å². The zero-order valence-corrected chi connectivity index (χ0v) is 15.4. The Labute approximate surface area is 160 Å². The normalized spacial score (nSPS) is 16.4. The van der Waals surface area contributed by atoms with Crippen LogP contribution in [0.1, 0.15) is 11.1 Å². The minimum Gasteiger partial charge on any atom is -0.298 e. The Morgan fingerprint density at radius 2 is 1.84 bits per heavy atom. The van der Waals surface area contributed by atoms with Crippen molar-refractivity contribution in [2.45, 2.75) is 6.92 Å². The summed E-state index contributed by atoms with van der Waals surface area (Å²) in [5.41, 5.74) is 2.06. The van der Waals surface area contributed by atoms with E-state index in [1.54, 1.807) is 18.2 Å². The molecule has 2 aromatic carbocycles. The molecule has 2 amide bonds. The summed E-state index contributed by atoms with van der Waals surface area (Å²) < 4.78 is 0. The Balaban J connectivity index is 2.07. The van der Waals surface area contributed by atoms with E-state index in [1.807, 2.05) is 31.2 Å². The number of benzene rings is 2. The quantitative estimate of drug-likeness (QED) is 0.476. The van der Waals surface area contributed by atoms with Gasteiger partial charge in [0, 0.05) is 5.02 Å². The van der Waals surface area contributed by atoms with Crippen LogP contribution in [0, 0.1) is 6.92 Å². The lowest BCUT2D eigenvalue weighted by atomic mass is 10.0. The maximum absolute atomic E-state index is 12.9. The molecule has 25 heavy (non-hydrogen) atoms. The van der Waals surface area contributed by atoms with E-state index >= 15 is 0 Å². The maximum atomic E-state index is 12.9. The molecule has 2 aromatic rings. The van der Waals surface area contributed by atoms with Crippen LogP contribution >= 0.6 is 35.4 Å². The number of hydrogen-bond acceptors (Lipinski definition) is 3. The fourth-order valence-electron chi connectivity index (χ4n) is 2.44. The molecule has 7 heteroatoms. The van der Waals surface area contributed by atoms with Gasteiger partial charge in [-0.2, -0.15) is 0 Å². The molecule has 126 valence electrons. The predicted molar refractivity (Wildman–Crippen MR) is 104 cm³/mol. The highest BCUT2D eigenvalue weighted by molar-refractivity contribution is 7.80. The molecule has 0 bridgehead atoms. The predicted octanol–water partition coefficient (Wildman–Crippen LogP) is 4.13. The molecule has 0 unspecified atom stereocenters. The second-order valence-electron chi connectivity index (χ2n) is 5.41. The number of halogens is 2. The number of nitrogens with one attached hydrogen (secondary N) is 1. The van der Waals surface area contributed by atoms with E-state index in [-0.39, 0.29) is 15.7 Å². The van der Waals surface area contributed by atoms with Crippen LogP contribution in [0.3, 0.4) is 0 Å². The largest absolute Gasteiger partial charge is 0.298 e. The van der Waals surface area contributed by atoms with Crippen molar-refractivity contribution >= 4 is 64.1 Å². The van der Waals surface area contributed by atoms with E-state index in [0.717, 1.165) is 11.1 Å². The fraction of sp³-hybridized carbons (Fsp3) is 0.0556. The summed E-state index contributed by atoms with van der Waals surface area (Å²) in [6.45, 7) is 1.90. The fourth-order valence-corrected chi connectivity index (χ4v) is 3.21. The van der Waals surface area contributed by atoms with Gasteiger partial charge in [-0.05, 0) is 54.5 Å². The number of carbonyl (C=O) groups excluding carboxylic acids is 2. The number of hydrogen-bond donors (Lipinski definition) is 1. The number of rotatable bonds is 2. The third-order valence-corrected chi connectivity index (χ3v) is 4.56. The number of amides is 2. The molecular weight excluding hydrogens is 379 g/mol. The lowest BCUT2D eigenvalue weighted by Crippen LogP contribution is -2.54. The van der Waals surface area contributed by atoms with Gasteiger partial charge >= 0.3 is 0 Å². The van der Waals surface area contributed by atoms with E-state index in [1.165, 1.54) is 11.0 Å². The summed E-state index contributed by atoms with van der Waals surface area (Å²) in [6, 6.07) is 12.1. The van der Waals surface area contributed by atoms with E-state index in [2.05, 4.69) is 5.32 Å². The van der Waals surface area contributed by atoms with Crippen molar-refractivity contribution in [1.29, 1.82) is 0 Å². The SMILES string of the molecule is Cc1ccccc1C=C1C(=O)NC(=S)N(c2ccc(Cl)cc2Cl)C1=O. The first kappa shape index (κ1) is 17.6. The third-order valence-electron chi connectivity index (χ3n) is 3.74. The molecule has 1 aliphatic rings. The number of thiocarbonyl (C=S) groups is 1. The summed E-state index contributed by atoms with van der Waals surface area (Å²) in [5.74, 6) is -1.08. The minimum atomic E-state index is -0.542. The molecule has 3 rings (SSSR count). The van der Waals surface area contributed by atoms with E-state index in [0.29, 0.717) is 10.7 Å². The zero-order chi connectivity index (χ0) is 18.1. The molecule has 0 atom stereocenters. The molecule has 4 nitrogen and oxygen atoms in total. The summed E-state index contributed by atoms with van der Waals surface area (Å²) in [4.78, 5) is 26.4. The van der Waals surface area contributed by atoms with E-state index in [4.69, 9.17) is 35.4 Å². The number of anilines is 1. The van der Waals surface area contributed by atoms with Crippen molar-refractivity contribution < 1.29 is 9.59 Å². The average molecular weight is 391 g/mol. The van der Waals surface area contributed by atoms with Crippen molar-refractivity contribution in [3.05, 3.63) is 69.2 Å². The molecule has 1 N–H and O–H groups in total. The van der Waals surface area contributed by atoms with Gasteiger partial charge in [0.05, 0.1) is 10.7 Å². The van der Waals surface area contributed by atoms with Crippen LogP contribution in [0.4, 0.5) is 5.69 Å². The van der Waals surface area contributed by atoms with Crippen LogP contribution in [-0.4, -0.2) is 16.9 Å². The number of nitrogens with zero attached hydrogens (tertiary/aromatic N) is 1. The van der Waals surface area contributed by atoms with Crippen molar-refractivity contribution in [3.8, 4) is 0 Å². The molecule has 0 spiro atoms. The molecular formula is C18H12Cl2N2O2S. The zero-order valence-electron chi connectivity index (χ0n) is 13.0. The maximum Gasteiger partial charge on any atom is 0.270 e. The van der Waals surface area contributed by atoms with Gasteiger partial charge < -0.3 is 0 Å². The standard InChI is InChI=1S/C18H12Cl2N2O2S/c1-10-4-2-3-5-11(10)8-13-16(23)21-18(25)22(17(13)24)15-7-6-12(19)9-14(15)20/h2-9H,1H3,(H,21,23,25). The van der Waals surface area contributed by atoms with Crippen LogP contribution in [0.2, 0.25) is 10.0 Å². The second kappa shape index (κ2) is 6.96. The van der Waals surface area contributed by atoms with Gasteiger partial charge in [-0.25, -0.2) is 0 Å². The molecule has 0 radical (unpaired) electrons. The van der Waals surface area contributed by atoms with Crippen LogP contribution in [-0.2, 0) is 9.59 Å². The molecule has 0 aliphatic carbocycles. The molecule has 1 fully saturated rings. The number of aryl methyl sites for hydroxylation is 1. The molecule has 0 aromatic heterocycles. The monoisotopic (exact) mass is 390 g/mol. The van der Waals surface area contributed by atoms with Crippen LogP contribution in [0.5, 0.6) is 0 Å². The van der Waals surface area contributed by atoms with E-state index in [9.17, 15) is 9.59 Å². The molecule has 1 saturated heterocycles. The van der Waals surface area contributed by atoms with Crippen molar-refractivity contribution in [1.82, 2.24) is 5.32 Å². The minimum absolute atomic E-state index is 0.0195. The van der Waals surface area contributed by atoms with Gasteiger partial charge in [0.15, 0.2) is 5.11 Å². The summed E-state index contributed by atoms with van der Waals surface area (Å²) >= 11 is 17.2. The Morgan fingerprint density at radius 3 is 2.52 bits per heavy atom. The smallest absolute Gasteiger partial charge is 0.270 e. The molecule has 0 saturated carbocycles. The first-order chi connectivity index (χ1) is 11.9. The second-order valence-corrected chi connectivity index (χ2v) is 6.64. The molecule has 1 heterocycles. The summed E-state index contributed by atoms with van der Waals surface area (Å²) in [5, 5.41) is 3.19. The van der Waals surface area contributed by atoms with Crippen molar-refractivity contribution in [2.24, 2.45) is 0 Å². The van der Waals surface area contributed by atoms with Crippen molar-refractivity contribution in [3.63, 3.8) is 0 Å². The van der Waals surface area contributed by atoms with Gasteiger partial charge in [-0.3, -0.25) is 19.8 Å². The lowest BCUT2D eigenvalue weighted by Gasteiger charge is -2.29. The lowest BCUT2D eigenvalue weighted by molar-refractivity contribution is -0.122. The Kier molecular flexibility index (Phi) is 4.90. The first-order valence-corrected chi connectivity index (χ1v) is 8.47. The van der Waals surface area contributed by atoms with Gasteiger partial charge in [-0.15, -0.1) is 0 Å². The topological polar surface area (TPSA) is 49.4 Å². The highest BCUT2D eigenvalue weighted by Crippen LogP contribution is 2.31. The highest BCUT2D eigenvalue weighted by Gasteiger charge is 2.35. The number of carbonyl (C=O) groups is 2. The summed E-state index contributed by atoms with van der Waals surface area (Å²) in [6.07, 6.45) is 1.55. The first-order valence-electron chi connectivity index (χ1n) is 7.30. The Morgan fingerprint density at radius 1 is 1.12 bits per heavy atom. The van der Waals surface area contributed by atoms with Gasteiger partial charge in [0.1, 0.15) is 5.57 Å². The van der Waals surface area contributed by atoms with Crippen LogP contribution < -0.4 is 10.2 Å². The van der Waals surface area contributed by atoms with E-state index < -0.39 is 11.8 Å². The van der Waals surface area contributed by atoms with Gasteiger partial charge in [0.2, 0.25) is 0 Å². The van der Waals surface area contributed by atoms with Crippen molar-refractivity contribution in [2.75, 3.05) is 4.90 Å². The average Bonchev–Trinajstić information content (AvgIpc) is 2.55. The summed E-state index contributed by atoms with van der Waals surface area (Å²) in [7, 11) is 0. The highest BCUT2D eigenvalue weighted by atomic mass is 35.5.